The number of thioether (sulfide) groups is 1. The number of nitrogens with zero attached hydrogens (tertiary/aromatic N) is 2. The zero-order chi connectivity index (χ0) is 70.8. The molecule has 0 saturated carbocycles. The van der Waals surface area contributed by atoms with Crippen LogP contribution in [-0.4, -0.2) is 217 Å². The number of amides is 12. The van der Waals surface area contributed by atoms with Crippen molar-refractivity contribution >= 4 is 94.6 Å². The molecule has 2 fully saturated rings. The quantitative estimate of drug-likeness (QED) is 0.0332. The van der Waals surface area contributed by atoms with Crippen LogP contribution in [0.1, 0.15) is 117 Å². The first-order valence-corrected chi connectivity index (χ1v) is 33.0. The van der Waals surface area contributed by atoms with Crippen LogP contribution in [0.3, 0.4) is 0 Å². The molecule has 0 radical (unpaired) electrons. The Morgan fingerprint density at radius 1 is 0.568 bits per heavy atom. The van der Waals surface area contributed by atoms with Crippen LogP contribution in [0.5, 0.6) is 5.75 Å². The highest BCUT2D eigenvalue weighted by Crippen LogP contribution is 2.23. The molecule has 12 amide bonds. The van der Waals surface area contributed by atoms with Crippen LogP contribution < -0.4 is 59.3 Å². The molecule has 2 aromatic rings. The minimum atomic E-state index is -1.85. The third-order valence-corrected chi connectivity index (χ3v) is 16.4. The molecule has 17 N–H and O–H groups in total. The number of aliphatic hydroxyl groups is 1. The van der Waals surface area contributed by atoms with Crippen LogP contribution in [0.2, 0.25) is 0 Å². The number of hydrogen-bond acceptors (Lipinski definition) is 18. The minimum Gasteiger partial charge on any atom is -0.508 e. The van der Waals surface area contributed by atoms with Crippen molar-refractivity contribution < 1.29 is 87.5 Å². The van der Waals surface area contributed by atoms with Crippen LogP contribution in [0.4, 0.5) is 0 Å². The third-order valence-electron chi connectivity index (χ3n) is 15.8. The fourth-order valence-corrected chi connectivity index (χ4v) is 11.3. The molecule has 0 bridgehead atoms. The molecule has 2 aliphatic rings. The summed E-state index contributed by atoms with van der Waals surface area (Å²) in [6.45, 7) is 8.81. The van der Waals surface area contributed by atoms with Gasteiger partial charge in [0.15, 0.2) is 0 Å². The van der Waals surface area contributed by atoms with E-state index in [-0.39, 0.29) is 75.6 Å². The number of hydrogen-bond donors (Lipinski definition) is 15. The Hall–Kier alpha value is -8.91. The Balaban J connectivity index is 1.51. The third kappa shape index (κ3) is 25.7. The lowest BCUT2D eigenvalue weighted by Gasteiger charge is -2.32. The Bertz CT molecular complexity index is 3030. The molecule has 0 aromatic heterocycles. The summed E-state index contributed by atoms with van der Waals surface area (Å²) in [5, 5.41) is 63.0. The molecule has 0 spiro atoms. The standard InChI is InChI=1S/C63H93N13O18S/c1-33(2)27-42(70-54(84)40(64)23-26-95-7)55(85)66-32-50(80)68-43(28-34(3)4)57(87)69-41(21-22-51(81)82)56(86)67-35(5)53(83)74-52(36(6)77)60(90)73-45(30-38-17-19-39(78)20-18-38)61(91)75-24-11-15-47(75)59(89)71-44(29-37-13-9-8-10-14-37)58(88)72-46(31-49(65)79)62(92)76-25-12-16-48(76)63(93)94/h8-10,13-14,17-20,33-36,40-48,52,77-78H,11-12,15-16,21-32,64H2,1-7H3,(H2,65,79)(H,66,85)(H,67,86)(H,68,80)(H,69,87)(H,70,84)(H,71,89)(H,72,88)(H,73,90)(H,74,83)(H,81,82)(H,93,94)/t35-,36+,40-,41-,42-,43-,44-,45-,46-,47-,48-,52-/m0/s1. The second-order valence-corrected chi connectivity index (χ2v) is 25.6. The molecule has 31 nitrogen and oxygen atoms in total. The number of phenols is 1. The van der Waals surface area contributed by atoms with Gasteiger partial charge in [0.1, 0.15) is 66.2 Å². The van der Waals surface area contributed by atoms with E-state index in [1.165, 1.54) is 47.9 Å². The van der Waals surface area contributed by atoms with Crippen molar-refractivity contribution in [1.82, 2.24) is 57.7 Å². The molecule has 2 heterocycles. The lowest BCUT2D eigenvalue weighted by molar-refractivity contribution is -0.149. The largest absolute Gasteiger partial charge is 0.508 e. The lowest BCUT2D eigenvalue weighted by Crippen LogP contribution is -2.62. The number of nitrogens with one attached hydrogen (secondary N) is 9. The number of aliphatic hydroxyl groups excluding tert-OH is 1. The maximum Gasteiger partial charge on any atom is 0.326 e. The van der Waals surface area contributed by atoms with E-state index in [4.69, 9.17) is 11.5 Å². The van der Waals surface area contributed by atoms with Crippen LogP contribution in [0.25, 0.3) is 0 Å². The first kappa shape index (κ1) is 78.5. The zero-order valence-corrected chi connectivity index (χ0v) is 55.4. The molecule has 12 atom stereocenters. The predicted octanol–water partition coefficient (Wildman–Crippen LogP) is -2.45. The van der Waals surface area contributed by atoms with E-state index < -0.39 is 181 Å². The molecule has 0 aliphatic carbocycles. The average Bonchev–Trinajstić information content (AvgIpc) is 1.78. The molecule has 0 unspecified atom stereocenters. The Morgan fingerprint density at radius 3 is 1.65 bits per heavy atom. The van der Waals surface area contributed by atoms with Gasteiger partial charge in [-0.05, 0) is 112 Å². The number of primary amides is 1. The number of nitrogens with two attached hydrogens (primary N) is 2. The van der Waals surface area contributed by atoms with Gasteiger partial charge in [-0.2, -0.15) is 11.8 Å². The van der Waals surface area contributed by atoms with E-state index in [2.05, 4.69) is 47.9 Å². The average molecular weight is 1350 g/mol. The topological polar surface area (TPSA) is 487 Å². The normalized spacial score (nSPS) is 17.6. The molecule has 32 heteroatoms. The Kier molecular flexibility index (Phi) is 31.8. The van der Waals surface area contributed by atoms with Crippen molar-refractivity contribution in [3.8, 4) is 5.75 Å². The Morgan fingerprint density at radius 2 is 1.08 bits per heavy atom. The summed E-state index contributed by atoms with van der Waals surface area (Å²) < 4.78 is 0. The number of carbonyl (C=O) groups excluding carboxylic acids is 12. The fourth-order valence-electron chi connectivity index (χ4n) is 10.8. The second kappa shape index (κ2) is 38.5. The number of likely N-dealkylation sites (tertiary alicyclic amines) is 2. The molecule has 2 saturated heterocycles. The number of aromatic hydroxyl groups is 1. The molecule has 2 aliphatic heterocycles. The first-order valence-electron chi connectivity index (χ1n) is 31.6. The van der Waals surface area contributed by atoms with Gasteiger partial charge >= 0.3 is 11.9 Å². The summed E-state index contributed by atoms with van der Waals surface area (Å²) in [7, 11) is 0. The SMILES string of the molecule is CSCC[C@H](N)C(=O)N[C@@H](CC(C)C)C(=O)NCC(=O)N[C@@H](CC(C)C)C(=O)N[C@@H](CCC(=O)O)C(=O)N[C@@H](C)C(=O)N[C@H](C(=O)N[C@@H](Cc1ccc(O)cc1)C(=O)N1CCC[C@H]1C(=O)N[C@@H](Cc1ccccc1)C(=O)N[C@@H](CC(N)=O)C(=O)N1CCC[C@H]1C(=O)O)[C@@H](C)O. The summed E-state index contributed by atoms with van der Waals surface area (Å²) >= 11 is 1.50. The van der Waals surface area contributed by atoms with Gasteiger partial charge in [0.2, 0.25) is 70.9 Å². The van der Waals surface area contributed by atoms with E-state index in [9.17, 15) is 87.5 Å². The monoisotopic (exact) mass is 1350 g/mol. The van der Waals surface area contributed by atoms with E-state index in [0.29, 0.717) is 29.7 Å². The van der Waals surface area contributed by atoms with Crippen LogP contribution >= 0.6 is 11.8 Å². The first-order chi connectivity index (χ1) is 44.8. The number of carbonyl (C=O) groups is 14. The summed E-state index contributed by atoms with van der Waals surface area (Å²) in [5.41, 5.74) is 12.4. The van der Waals surface area contributed by atoms with Crippen LogP contribution in [0, 0.1) is 11.8 Å². The van der Waals surface area contributed by atoms with Gasteiger partial charge < -0.3 is 89.5 Å². The number of carboxylic acids is 2. The molecular weight excluding hydrogens is 1260 g/mol. The van der Waals surface area contributed by atoms with Gasteiger partial charge in [-0.15, -0.1) is 0 Å². The van der Waals surface area contributed by atoms with Crippen molar-refractivity contribution in [3.63, 3.8) is 0 Å². The highest BCUT2D eigenvalue weighted by atomic mass is 32.2. The van der Waals surface area contributed by atoms with Gasteiger partial charge in [0, 0.05) is 32.4 Å². The minimum absolute atomic E-state index is 0.00129. The number of rotatable bonds is 38. The maximum atomic E-state index is 14.9. The highest BCUT2D eigenvalue weighted by molar-refractivity contribution is 7.98. The van der Waals surface area contributed by atoms with Crippen molar-refractivity contribution in [2.45, 2.75) is 191 Å². The van der Waals surface area contributed by atoms with E-state index in [1.54, 1.807) is 44.2 Å². The number of aliphatic carboxylic acids is 2. The van der Waals surface area contributed by atoms with Crippen molar-refractivity contribution in [2.75, 3.05) is 31.6 Å². The van der Waals surface area contributed by atoms with Gasteiger partial charge in [-0.25, -0.2) is 4.79 Å². The lowest BCUT2D eigenvalue weighted by atomic mass is 10.0. The molecule has 2 aromatic carbocycles. The van der Waals surface area contributed by atoms with Crippen molar-refractivity contribution in [3.05, 3.63) is 65.7 Å². The Labute approximate surface area is 555 Å². The van der Waals surface area contributed by atoms with Gasteiger partial charge in [0.25, 0.3) is 0 Å². The molecule has 95 heavy (non-hydrogen) atoms. The summed E-state index contributed by atoms with van der Waals surface area (Å²) in [6.07, 6.45) is -0.814. The molecule has 524 valence electrons. The summed E-state index contributed by atoms with van der Waals surface area (Å²) in [5.74, 6) is -13.2. The summed E-state index contributed by atoms with van der Waals surface area (Å²) in [4.78, 5) is 191. The zero-order valence-electron chi connectivity index (χ0n) is 54.6. The van der Waals surface area contributed by atoms with Crippen molar-refractivity contribution in [1.29, 1.82) is 0 Å². The molecular formula is C63H93N13O18S. The maximum absolute atomic E-state index is 14.9. The second-order valence-electron chi connectivity index (χ2n) is 24.6. The molecule has 4 rings (SSSR count). The summed E-state index contributed by atoms with van der Waals surface area (Å²) in [6, 6.07) is -1.51. The van der Waals surface area contributed by atoms with E-state index in [1.807, 2.05) is 20.1 Å². The smallest absolute Gasteiger partial charge is 0.326 e. The van der Waals surface area contributed by atoms with Crippen LogP contribution in [0.15, 0.2) is 54.6 Å². The van der Waals surface area contributed by atoms with Gasteiger partial charge in [0.05, 0.1) is 25.1 Å². The van der Waals surface area contributed by atoms with Gasteiger partial charge in [-0.3, -0.25) is 62.3 Å². The van der Waals surface area contributed by atoms with Gasteiger partial charge in [-0.1, -0.05) is 70.2 Å². The van der Waals surface area contributed by atoms with E-state index >= 15 is 0 Å². The number of phenolic OH excluding ortho intramolecular Hbond substituents is 1. The van der Waals surface area contributed by atoms with Crippen LogP contribution in [-0.2, 0) is 80.0 Å². The van der Waals surface area contributed by atoms with E-state index in [0.717, 1.165) is 11.8 Å². The van der Waals surface area contributed by atoms with Crippen molar-refractivity contribution in [2.24, 2.45) is 23.3 Å². The highest BCUT2D eigenvalue weighted by Gasteiger charge is 2.43. The fraction of sp³-hybridized carbons (Fsp3) is 0.587. The number of benzene rings is 2. The predicted molar refractivity (Wildman–Crippen MR) is 345 cm³/mol. The number of carboxylic acid groups (broad SMARTS) is 2.